The molecule has 96 valence electrons. The maximum absolute atomic E-state index is 10.6. The molecular formula is C13H16N2O3. The molecule has 2 aliphatic rings. The fourth-order valence-electron chi connectivity index (χ4n) is 2.32. The van der Waals surface area contributed by atoms with Crippen LogP contribution in [0.3, 0.4) is 0 Å². The minimum absolute atomic E-state index is 0.316. The Morgan fingerprint density at radius 1 is 1.11 bits per heavy atom. The molecule has 0 spiro atoms. The molecule has 0 aliphatic carbocycles. The van der Waals surface area contributed by atoms with E-state index >= 15 is 0 Å². The number of hydrogen-bond donors (Lipinski definition) is 0. The van der Waals surface area contributed by atoms with Gasteiger partial charge in [0.15, 0.2) is 11.5 Å². The van der Waals surface area contributed by atoms with Crippen molar-refractivity contribution in [3.8, 4) is 11.5 Å². The number of carbonyl (C=O) groups is 1. The molecule has 2 aliphatic heterocycles. The summed E-state index contributed by atoms with van der Waals surface area (Å²) in [5.74, 6) is 1.66. The van der Waals surface area contributed by atoms with Crippen molar-refractivity contribution in [2.24, 2.45) is 0 Å². The van der Waals surface area contributed by atoms with Crippen molar-refractivity contribution < 1.29 is 14.3 Å². The van der Waals surface area contributed by atoms with Crippen LogP contribution in [0.4, 0.5) is 0 Å². The fourth-order valence-corrected chi connectivity index (χ4v) is 2.32. The van der Waals surface area contributed by atoms with E-state index in [1.165, 1.54) is 5.56 Å². The Kier molecular flexibility index (Phi) is 3.06. The van der Waals surface area contributed by atoms with Gasteiger partial charge < -0.3 is 14.4 Å². The minimum atomic E-state index is 0.316. The van der Waals surface area contributed by atoms with Crippen molar-refractivity contribution in [3.05, 3.63) is 23.8 Å². The highest BCUT2D eigenvalue weighted by molar-refractivity contribution is 5.47. The van der Waals surface area contributed by atoms with Gasteiger partial charge in [0.05, 0.1) is 0 Å². The average molecular weight is 248 g/mol. The monoisotopic (exact) mass is 248 g/mol. The summed E-state index contributed by atoms with van der Waals surface area (Å²) in [5, 5.41) is 0. The summed E-state index contributed by atoms with van der Waals surface area (Å²) in [6, 6.07) is 6.06. The van der Waals surface area contributed by atoms with Crippen LogP contribution >= 0.6 is 0 Å². The van der Waals surface area contributed by atoms with Crippen molar-refractivity contribution in [2.45, 2.75) is 6.54 Å². The second kappa shape index (κ2) is 4.86. The van der Waals surface area contributed by atoms with Crippen molar-refractivity contribution in [2.75, 3.05) is 33.0 Å². The van der Waals surface area contributed by atoms with Gasteiger partial charge in [-0.2, -0.15) is 0 Å². The lowest BCUT2D eigenvalue weighted by Crippen LogP contribution is -2.45. The Morgan fingerprint density at radius 3 is 2.67 bits per heavy atom. The zero-order valence-corrected chi connectivity index (χ0v) is 10.2. The Labute approximate surface area is 106 Å². The number of rotatable bonds is 3. The van der Waals surface area contributed by atoms with Gasteiger partial charge in [-0.3, -0.25) is 9.69 Å². The molecule has 0 unspecified atom stereocenters. The van der Waals surface area contributed by atoms with Gasteiger partial charge in [-0.15, -0.1) is 0 Å². The standard InChI is InChI=1S/C13H16N2O3/c16-9-15-5-3-14(4-6-15)8-11-1-2-12-13(7-11)18-10-17-12/h1-2,7,9H,3-6,8,10H2. The molecule has 0 aromatic heterocycles. The van der Waals surface area contributed by atoms with E-state index in [9.17, 15) is 4.79 Å². The Balaban J connectivity index is 1.61. The summed E-state index contributed by atoms with van der Waals surface area (Å²) < 4.78 is 10.7. The molecular weight excluding hydrogens is 232 g/mol. The second-order valence-electron chi connectivity index (χ2n) is 4.61. The summed E-state index contributed by atoms with van der Waals surface area (Å²) in [4.78, 5) is 14.8. The quantitative estimate of drug-likeness (QED) is 0.738. The first-order valence-corrected chi connectivity index (χ1v) is 6.15. The van der Waals surface area contributed by atoms with Crippen molar-refractivity contribution in [3.63, 3.8) is 0 Å². The molecule has 0 N–H and O–H groups in total. The zero-order valence-electron chi connectivity index (χ0n) is 10.2. The summed E-state index contributed by atoms with van der Waals surface area (Å²) in [6.45, 7) is 4.68. The van der Waals surface area contributed by atoms with Gasteiger partial charge in [0.2, 0.25) is 13.2 Å². The van der Waals surface area contributed by atoms with Crippen LogP contribution in [0.5, 0.6) is 11.5 Å². The number of nitrogens with zero attached hydrogens (tertiary/aromatic N) is 2. The largest absolute Gasteiger partial charge is 0.454 e. The van der Waals surface area contributed by atoms with E-state index in [-0.39, 0.29) is 0 Å². The molecule has 0 saturated carbocycles. The average Bonchev–Trinajstić information content (AvgIpc) is 2.87. The number of carbonyl (C=O) groups excluding carboxylic acids is 1. The summed E-state index contributed by atoms with van der Waals surface area (Å²) in [6.07, 6.45) is 0.928. The van der Waals surface area contributed by atoms with Gasteiger partial charge in [-0.1, -0.05) is 6.07 Å². The lowest BCUT2D eigenvalue weighted by Gasteiger charge is -2.32. The molecule has 0 atom stereocenters. The lowest BCUT2D eigenvalue weighted by atomic mass is 10.1. The third-order valence-electron chi connectivity index (χ3n) is 3.40. The van der Waals surface area contributed by atoms with E-state index in [4.69, 9.17) is 9.47 Å². The highest BCUT2D eigenvalue weighted by Crippen LogP contribution is 2.32. The predicted molar refractivity (Wildman–Crippen MR) is 65.5 cm³/mol. The van der Waals surface area contributed by atoms with Gasteiger partial charge in [0, 0.05) is 32.7 Å². The van der Waals surface area contributed by atoms with Gasteiger partial charge in [0.25, 0.3) is 0 Å². The first-order valence-electron chi connectivity index (χ1n) is 6.15. The zero-order chi connectivity index (χ0) is 12.4. The molecule has 18 heavy (non-hydrogen) atoms. The molecule has 1 fully saturated rings. The van der Waals surface area contributed by atoms with Gasteiger partial charge in [0.1, 0.15) is 0 Å². The van der Waals surface area contributed by atoms with Crippen molar-refractivity contribution in [1.82, 2.24) is 9.80 Å². The van der Waals surface area contributed by atoms with Crippen molar-refractivity contribution >= 4 is 6.41 Å². The van der Waals surface area contributed by atoms with Gasteiger partial charge in [-0.25, -0.2) is 0 Å². The third kappa shape index (κ3) is 2.26. The van der Waals surface area contributed by atoms with Crippen LogP contribution in [-0.2, 0) is 11.3 Å². The van der Waals surface area contributed by atoms with Gasteiger partial charge >= 0.3 is 0 Å². The predicted octanol–water partition coefficient (Wildman–Crippen LogP) is 0.689. The van der Waals surface area contributed by atoms with E-state index in [0.717, 1.165) is 50.6 Å². The van der Waals surface area contributed by atoms with E-state index in [0.29, 0.717) is 6.79 Å². The highest BCUT2D eigenvalue weighted by Gasteiger charge is 2.17. The summed E-state index contributed by atoms with van der Waals surface area (Å²) >= 11 is 0. The molecule has 1 saturated heterocycles. The van der Waals surface area contributed by atoms with E-state index < -0.39 is 0 Å². The fraction of sp³-hybridized carbons (Fsp3) is 0.462. The molecule has 2 heterocycles. The molecule has 5 nitrogen and oxygen atoms in total. The van der Waals surface area contributed by atoms with Crippen molar-refractivity contribution in [1.29, 1.82) is 0 Å². The van der Waals surface area contributed by atoms with Crippen LogP contribution in [0.1, 0.15) is 5.56 Å². The molecule has 1 amide bonds. The van der Waals surface area contributed by atoms with Crippen LogP contribution in [0.25, 0.3) is 0 Å². The number of hydrogen-bond acceptors (Lipinski definition) is 4. The lowest BCUT2D eigenvalue weighted by molar-refractivity contribution is -0.119. The van der Waals surface area contributed by atoms with Gasteiger partial charge in [-0.05, 0) is 17.7 Å². The Morgan fingerprint density at radius 2 is 1.89 bits per heavy atom. The number of piperazine rings is 1. The minimum Gasteiger partial charge on any atom is -0.454 e. The number of fused-ring (bicyclic) bond motifs is 1. The molecule has 3 rings (SSSR count). The first-order chi connectivity index (χ1) is 8.85. The topological polar surface area (TPSA) is 42.0 Å². The molecule has 1 aromatic carbocycles. The highest BCUT2D eigenvalue weighted by atomic mass is 16.7. The van der Waals surface area contributed by atoms with Crippen LogP contribution in [0, 0.1) is 0 Å². The third-order valence-corrected chi connectivity index (χ3v) is 3.40. The smallest absolute Gasteiger partial charge is 0.231 e. The number of amides is 1. The first kappa shape index (κ1) is 11.3. The number of benzene rings is 1. The summed E-state index contributed by atoms with van der Waals surface area (Å²) in [5.41, 5.74) is 1.22. The van der Waals surface area contributed by atoms with Crippen LogP contribution in [0.15, 0.2) is 18.2 Å². The molecule has 1 aromatic rings. The maximum Gasteiger partial charge on any atom is 0.231 e. The molecule has 0 bridgehead atoms. The SMILES string of the molecule is O=CN1CCN(Cc2ccc3c(c2)OCO3)CC1. The maximum atomic E-state index is 10.6. The van der Waals surface area contributed by atoms with E-state index in [1.54, 1.807) is 0 Å². The Bertz CT molecular complexity index is 442. The van der Waals surface area contributed by atoms with E-state index in [2.05, 4.69) is 11.0 Å². The molecule has 0 radical (unpaired) electrons. The normalized spacial score (nSPS) is 19.0. The second-order valence-corrected chi connectivity index (χ2v) is 4.61. The van der Waals surface area contributed by atoms with Crippen LogP contribution < -0.4 is 9.47 Å². The van der Waals surface area contributed by atoms with Crippen LogP contribution in [0.2, 0.25) is 0 Å². The molecule has 5 heteroatoms. The summed E-state index contributed by atoms with van der Waals surface area (Å²) in [7, 11) is 0. The van der Waals surface area contributed by atoms with E-state index in [1.807, 2.05) is 17.0 Å². The number of ether oxygens (including phenoxy) is 2. The Hall–Kier alpha value is -1.75. The van der Waals surface area contributed by atoms with Crippen LogP contribution in [-0.4, -0.2) is 49.2 Å².